The molecule has 35 heavy (non-hydrogen) atoms. The highest BCUT2D eigenvalue weighted by Crippen LogP contribution is 2.18. The maximum atomic E-state index is 12.4. The Balaban J connectivity index is 3.76. The molecule has 0 aliphatic carbocycles. The van der Waals surface area contributed by atoms with Gasteiger partial charge in [0.1, 0.15) is 6.10 Å². The van der Waals surface area contributed by atoms with Crippen LogP contribution in [-0.4, -0.2) is 23.1 Å². The van der Waals surface area contributed by atoms with E-state index in [0.29, 0.717) is 12.8 Å². The number of carbonyl (C=O) groups excluding carboxylic acids is 1. The third-order valence-electron chi connectivity index (χ3n) is 7.08. The molecule has 1 atom stereocenters. The van der Waals surface area contributed by atoms with Gasteiger partial charge in [-0.05, 0) is 38.5 Å². The summed E-state index contributed by atoms with van der Waals surface area (Å²) in [7, 11) is 0. The third kappa shape index (κ3) is 27.4. The normalized spacial score (nSPS) is 12.1. The van der Waals surface area contributed by atoms with E-state index >= 15 is 0 Å². The average Bonchev–Trinajstić information content (AvgIpc) is 2.83. The van der Waals surface area contributed by atoms with Crippen LogP contribution >= 0.6 is 0 Å². The number of carboxylic acids is 1. The second-order valence-electron chi connectivity index (χ2n) is 10.7. The first kappa shape index (κ1) is 33.9. The van der Waals surface area contributed by atoms with Crippen LogP contribution < -0.4 is 0 Å². The van der Waals surface area contributed by atoms with Gasteiger partial charge in [-0.1, -0.05) is 129 Å². The minimum Gasteiger partial charge on any atom is -0.481 e. The van der Waals surface area contributed by atoms with Gasteiger partial charge in [-0.15, -0.1) is 0 Å². The van der Waals surface area contributed by atoms with Gasteiger partial charge in [0.2, 0.25) is 0 Å². The lowest BCUT2D eigenvalue weighted by Gasteiger charge is -2.18. The Morgan fingerprint density at radius 2 is 0.857 bits per heavy atom. The van der Waals surface area contributed by atoms with Crippen LogP contribution in [0.2, 0.25) is 0 Å². The molecule has 0 aliphatic heterocycles. The number of rotatable bonds is 28. The van der Waals surface area contributed by atoms with Crippen LogP contribution in [-0.2, 0) is 14.3 Å². The lowest BCUT2D eigenvalue weighted by molar-refractivity contribution is -0.150. The number of hydrogen-bond acceptors (Lipinski definition) is 3. The van der Waals surface area contributed by atoms with Crippen LogP contribution in [0.5, 0.6) is 0 Å². The Morgan fingerprint density at radius 1 is 0.514 bits per heavy atom. The van der Waals surface area contributed by atoms with Gasteiger partial charge in [-0.2, -0.15) is 0 Å². The topological polar surface area (TPSA) is 63.6 Å². The van der Waals surface area contributed by atoms with Crippen LogP contribution in [0.4, 0.5) is 0 Å². The Labute approximate surface area is 218 Å². The SMILES string of the molecule is CCCCCCCCCCCCCCC(=O)OC(CCCCC)CCCCCCCCCC(=O)O. The number of carboxylic acid groups (broad SMARTS) is 1. The number of ether oxygens (including phenoxy) is 1. The summed E-state index contributed by atoms with van der Waals surface area (Å²) in [5, 5.41) is 8.68. The summed E-state index contributed by atoms with van der Waals surface area (Å²) >= 11 is 0. The molecule has 0 bridgehead atoms. The standard InChI is InChI=1S/C31H60O4/c1-3-5-7-8-9-10-11-12-13-17-20-24-28-31(34)35-29(25-21-6-4-2)26-22-18-15-14-16-19-23-27-30(32)33/h29H,3-28H2,1-2H3,(H,32,33). The highest BCUT2D eigenvalue weighted by molar-refractivity contribution is 5.69. The van der Waals surface area contributed by atoms with Crippen molar-refractivity contribution in [3.63, 3.8) is 0 Å². The van der Waals surface area contributed by atoms with Gasteiger partial charge < -0.3 is 9.84 Å². The number of carbonyl (C=O) groups is 2. The summed E-state index contributed by atoms with van der Waals surface area (Å²) in [5.41, 5.74) is 0. The minimum atomic E-state index is -0.688. The van der Waals surface area contributed by atoms with Crippen molar-refractivity contribution in [2.45, 2.75) is 187 Å². The van der Waals surface area contributed by atoms with Crippen molar-refractivity contribution in [1.82, 2.24) is 0 Å². The lowest BCUT2D eigenvalue weighted by Crippen LogP contribution is -2.18. The van der Waals surface area contributed by atoms with Crippen LogP contribution in [0.3, 0.4) is 0 Å². The molecule has 0 saturated heterocycles. The van der Waals surface area contributed by atoms with Crippen molar-refractivity contribution in [3.05, 3.63) is 0 Å². The number of hydrogen-bond donors (Lipinski definition) is 1. The first-order valence-corrected chi connectivity index (χ1v) is 15.5. The van der Waals surface area contributed by atoms with Gasteiger partial charge in [-0.3, -0.25) is 9.59 Å². The molecule has 4 heteroatoms. The molecular weight excluding hydrogens is 436 g/mol. The van der Waals surface area contributed by atoms with Crippen LogP contribution in [0.25, 0.3) is 0 Å². The van der Waals surface area contributed by atoms with E-state index in [0.717, 1.165) is 57.8 Å². The number of esters is 1. The Bertz CT molecular complexity index is 463. The van der Waals surface area contributed by atoms with E-state index in [-0.39, 0.29) is 12.1 Å². The molecular formula is C31H60O4. The Hall–Kier alpha value is -1.06. The molecule has 0 aromatic heterocycles. The van der Waals surface area contributed by atoms with E-state index in [2.05, 4.69) is 13.8 Å². The molecule has 0 heterocycles. The van der Waals surface area contributed by atoms with Gasteiger partial charge in [0.25, 0.3) is 0 Å². The fraction of sp³-hybridized carbons (Fsp3) is 0.935. The van der Waals surface area contributed by atoms with E-state index < -0.39 is 5.97 Å². The summed E-state index contributed by atoms with van der Waals surface area (Å²) in [5.74, 6) is -0.676. The highest BCUT2D eigenvalue weighted by atomic mass is 16.5. The van der Waals surface area contributed by atoms with E-state index in [1.165, 1.54) is 96.3 Å². The summed E-state index contributed by atoms with van der Waals surface area (Å²) in [6.07, 6.45) is 29.9. The molecule has 208 valence electrons. The monoisotopic (exact) mass is 496 g/mol. The van der Waals surface area contributed by atoms with E-state index in [1.54, 1.807) is 0 Å². The first-order valence-electron chi connectivity index (χ1n) is 15.5. The second-order valence-corrected chi connectivity index (χ2v) is 10.7. The fourth-order valence-electron chi connectivity index (χ4n) is 4.77. The summed E-state index contributed by atoms with van der Waals surface area (Å²) in [6.45, 7) is 4.48. The molecule has 1 N–H and O–H groups in total. The van der Waals surface area contributed by atoms with Crippen molar-refractivity contribution in [3.8, 4) is 0 Å². The predicted molar refractivity (Wildman–Crippen MR) is 149 cm³/mol. The molecule has 0 amide bonds. The van der Waals surface area contributed by atoms with Crippen molar-refractivity contribution in [2.75, 3.05) is 0 Å². The zero-order valence-corrected chi connectivity index (χ0v) is 23.6. The molecule has 0 aromatic carbocycles. The quantitative estimate of drug-likeness (QED) is 0.0864. The van der Waals surface area contributed by atoms with Gasteiger partial charge in [0.15, 0.2) is 0 Å². The molecule has 0 fully saturated rings. The van der Waals surface area contributed by atoms with Crippen LogP contribution in [0.15, 0.2) is 0 Å². The molecule has 0 aromatic rings. The number of unbranched alkanes of at least 4 members (excludes halogenated alkanes) is 19. The molecule has 0 spiro atoms. The lowest BCUT2D eigenvalue weighted by atomic mass is 10.0. The maximum Gasteiger partial charge on any atom is 0.306 e. The van der Waals surface area contributed by atoms with Gasteiger partial charge in [0.05, 0.1) is 0 Å². The predicted octanol–water partition coefficient (Wildman–Crippen LogP) is 10.2. The van der Waals surface area contributed by atoms with E-state index in [4.69, 9.17) is 9.84 Å². The van der Waals surface area contributed by atoms with Crippen molar-refractivity contribution in [2.24, 2.45) is 0 Å². The zero-order valence-electron chi connectivity index (χ0n) is 23.6. The summed E-state index contributed by atoms with van der Waals surface area (Å²) in [6, 6.07) is 0. The number of aliphatic carboxylic acids is 1. The molecule has 4 nitrogen and oxygen atoms in total. The van der Waals surface area contributed by atoms with E-state index in [1.807, 2.05) is 0 Å². The van der Waals surface area contributed by atoms with Gasteiger partial charge in [0, 0.05) is 12.8 Å². The minimum absolute atomic E-state index is 0.0111. The Morgan fingerprint density at radius 3 is 1.31 bits per heavy atom. The summed E-state index contributed by atoms with van der Waals surface area (Å²) in [4.78, 5) is 22.9. The molecule has 0 saturated carbocycles. The van der Waals surface area contributed by atoms with Crippen molar-refractivity contribution < 1.29 is 19.4 Å². The fourth-order valence-corrected chi connectivity index (χ4v) is 4.77. The smallest absolute Gasteiger partial charge is 0.306 e. The van der Waals surface area contributed by atoms with Gasteiger partial charge in [-0.25, -0.2) is 0 Å². The second kappa shape index (κ2) is 27.5. The Kier molecular flexibility index (Phi) is 26.7. The summed E-state index contributed by atoms with van der Waals surface area (Å²) < 4.78 is 5.88. The van der Waals surface area contributed by atoms with Crippen LogP contribution in [0.1, 0.15) is 181 Å². The average molecular weight is 497 g/mol. The van der Waals surface area contributed by atoms with Gasteiger partial charge >= 0.3 is 11.9 Å². The molecule has 0 aliphatic rings. The molecule has 1 unspecified atom stereocenters. The first-order chi connectivity index (χ1) is 17.1. The van der Waals surface area contributed by atoms with Crippen molar-refractivity contribution in [1.29, 1.82) is 0 Å². The van der Waals surface area contributed by atoms with Crippen molar-refractivity contribution >= 4 is 11.9 Å². The largest absolute Gasteiger partial charge is 0.481 e. The molecule has 0 rings (SSSR count). The zero-order chi connectivity index (χ0) is 25.8. The maximum absolute atomic E-state index is 12.4. The molecule has 0 radical (unpaired) electrons. The van der Waals surface area contributed by atoms with Crippen LogP contribution in [0, 0.1) is 0 Å². The van der Waals surface area contributed by atoms with E-state index in [9.17, 15) is 9.59 Å². The highest BCUT2D eigenvalue weighted by Gasteiger charge is 2.14. The third-order valence-corrected chi connectivity index (χ3v) is 7.08.